The van der Waals surface area contributed by atoms with Gasteiger partial charge in [0.1, 0.15) is 5.65 Å². The fraction of sp³-hybridized carbons (Fsp3) is 0.250. The lowest BCUT2D eigenvalue weighted by molar-refractivity contribution is -0.119. The van der Waals surface area contributed by atoms with Gasteiger partial charge in [0.05, 0.1) is 11.3 Å². The van der Waals surface area contributed by atoms with E-state index in [2.05, 4.69) is 10.3 Å². The molecule has 0 bridgehead atoms. The molecule has 0 aliphatic carbocycles. The third kappa shape index (κ3) is 3.18. The maximum atomic E-state index is 12.8. The lowest BCUT2D eigenvalue weighted by atomic mass is 10.2. The van der Waals surface area contributed by atoms with Gasteiger partial charge in [-0.15, -0.1) is 0 Å². The number of nitrogens with zero attached hydrogens (tertiary/aromatic N) is 3. The molecule has 4 rings (SSSR count). The van der Waals surface area contributed by atoms with Gasteiger partial charge in [-0.3, -0.25) is 9.59 Å². The third-order valence-electron chi connectivity index (χ3n) is 4.65. The van der Waals surface area contributed by atoms with Gasteiger partial charge in [-0.2, -0.15) is 0 Å². The summed E-state index contributed by atoms with van der Waals surface area (Å²) in [7, 11) is 0. The van der Waals surface area contributed by atoms with E-state index >= 15 is 0 Å². The number of pyridine rings is 1. The van der Waals surface area contributed by atoms with Gasteiger partial charge in [-0.05, 0) is 18.6 Å². The minimum absolute atomic E-state index is 0.0188. The average molecular weight is 348 g/mol. The maximum Gasteiger partial charge on any atom is 0.255 e. The molecule has 2 aromatic heterocycles. The van der Waals surface area contributed by atoms with Gasteiger partial charge in [-0.25, -0.2) is 4.98 Å². The molecule has 1 aliphatic heterocycles. The van der Waals surface area contributed by atoms with Crippen molar-refractivity contribution in [3.63, 3.8) is 0 Å². The van der Waals surface area contributed by atoms with Crippen LogP contribution in [0.5, 0.6) is 0 Å². The van der Waals surface area contributed by atoms with Crippen molar-refractivity contribution >= 4 is 17.5 Å². The van der Waals surface area contributed by atoms with Gasteiger partial charge in [0, 0.05) is 44.0 Å². The summed E-state index contributed by atoms with van der Waals surface area (Å²) < 4.78 is 1.89. The summed E-state index contributed by atoms with van der Waals surface area (Å²) in [5, 5.41) is 2.88. The zero-order valence-corrected chi connectivity index (χ0v) is 14.6. The molecule has 1 aliphatic rings. The third-order valence-corrected chi connectivity index (χ3v) is 4.65. The molecular formula is C20H20N4O2. The Morgan fingerprint density at radius 3 is 2.69 bits per heavy atom. The second-order valence-electron chi connectivity index (χ2n) is 6.61. The topological polar surface area (TPSA) is 66.7 Å². The summed E-state index contributed by atoms with van der Waals surface area (Å²) in [5.41, 5.74) is 3.35. The molecule has 0 spiro atoms. The van der Waals surface area contributed by atoms with E-state index in [9.17, 15) is 9.59 Å². The van der Waals surface area contributed by atoms with Gasteiger partial charge in [0.2, 0.25) is 5.91 Å². The van der Waals surface area contributed by atoms with Crippen LogP contribution in [-0.4, -0.2) is 45.2 Å². The molecule has 1 atom stereocenters. The monoisotopic (exact) mass is 348 g/mol. The number of carbonyl (C=O) groups excluding carboxylic acids is 2. The minimum Gasteiger partial charge on any atom is -0.352 e. The summed E-state index contributed by atoms with van der Waals surface area (Å²) in [6.45, 7) is 2.71. The van der Waals surface area contributed by atoms with E-state index < -0.39 is 0 Å². The normalized spacial score (nSPS) is 16.8. The van der Waals surface area contributed by atoms with Crippen molar-refractivity contribution in [3.8, 4) is 11.3 Å². The Bertz CT molecular complexity index is 964. The quantitative estimate of drug-likeness (QED) is 0.790. The van der Waals surface area contributed by atoms with E-state index in [-0.39, 0.29) is 17.9 Å². The van der Waals surface area contributed by atoms with Crippen molar-refractivity contribution in [3.05, 3.63) is 60.4 Å². The molecule has 0 saturated carbocycles. The number of likely N-dealkylation sites (tertiary alicyclic amines) is 1. The first-order chi connectivity index (χ1) is 12.6. The Morgan fingerprint density at radius 2 is 1.92 bits per heavy atom. The van der Waals surface area contributed by atoms with Crippen molar-refractivity contribution in [1.29, 1.82) is 0 Å². The van der Waals surface area contributed by atoms with Crippen LogP contribution >= 0.6 is 0 Å². The molecule has 1 N–H and O–H groups in total. The van der Waals surface area contributed by atoms with Crippen LogP contribution in [0.15, 0.2) is 54.9 Å². The summed E-state index contributed by atoms with van der Waals surface area (Å²) in [4.78, 5) is 30.4. The number of nitrogens with one attached hydrogen (secondary N) is 1. The van der Waals surface area contributed by atoms with Crippen molar-refractivity contribution in [2.75, 3.05) is 13.1 Å². The van der Waals surface area contributed by atoms with Crippen LogP contribution < -0.4 is 5.32 Å². The van der Waals surface area contributed by atoms with Gasteiger partial charge in [-0.1, -0.05) is 30.3 Å². The molecule has 6 heteroatoms. The minimum atomic E-state index is -0.0578. The first kappa shape index (κ1) is 16.3. The molecule has 2 amide bonds. The number of imidazole rings is 1. The molecule has 0 unspecified atom stereocenters. The van der Waals surface area contributed by atoms with Crippen LogP contribution in [0.3, 0.4) is 0 Å². The summed E-state index contributed by atoms with van der Waals surface area (Å²) in [6, 6.07) is 13.7. The first-order valence-electron chi connectivity index (χ1n) is 8.71. The highest BCUT2D eigenvalue weighted by Gasteiger charge is 2.27. The molecule has 1 saturated heterocycles. The van der Waals surface area contributed by atoms with Gasteiger partial charge >= 0.3 is 0 Å². The first-order valence-corrected chi connectivity index (χ1v) is 8.71. The van der Waals surface area contributed by atoms with E-state index in [0.717, 1.165) is 23.3 Å². The Balaban J connectivity index is 1.56. The van der Waals surface area contributed by atoms with Crippen molar-refractivity contribution < 1.29 is 9.59 Å². The largest absolute Gasteiger partial charge is 0.352 e. The van der Waals surface area contributed by atoms with Crippen LogP contribution in [0, 0.1) is 0 Å². The Kier molecular flexibility index (Phi) is 4.16. The molecule has 6 nitrogen and oxygen atoms in total. The van der Waals surface area contributed by atoms with E-state index in [0.29, 0.717) is 18.7 Å². The number of aromatic nitrogens is 2. The molecule has 132 valence electrons. The zero-order valence-electron chi connectivity index (χ0n) is 14.6. The van der Waals surface area contributed by atoms with Gasteiger partial charge < -0.3 is 14.6 Å². The summed E-state index contributed by atoms with van der Waals surface area (Å²) in [6.07, 6.45) is 4.55. The smallest absolute Gasteiger partial charge is 0.255 e. The highest BCUT2D eigenvalue weighted by Crippen LogP contribution is 2.20. The molecule has 26 heavy (non-hydrogen) atoms. The lowest BCUT2D eigenvalue weighted by Crippen LogP contribution is -2.37. The van der Waals surface area contributed by atoms with Gasteiger partial charge in [0.15, 0.2) is 0 Å². The summed E-state index contributed by atoms with van der Waals surface area (Å²) >= 11 is 0. The maximum absolute atomic E-state index is 12.8. The fourth-order valence-corrected chi connectivity index (χ4v) is 3.40. The number of amides is 2. The van der Waals surface area contributed by atoms with Crippen LogP contribution in [0.25, 0.3) is 16.9 Å². The number of hydrogen-bond donors (Lipinski definition) is 1. The molecule has 3 aromatic rings. The molecule has 1 fully saturated rings. The van der Waals surface area contributed by atoms with Crippen molar-refractivity contribution in [2.45, 2.75) is 19.4 Å². The van der Waals surface area contributed by atoms with Crippen molar-refractivity contribution in [2.24, 2.45) is 0 Å². The number of fused-ring (bicyclic) bond motifs is 1. The van der Waals surface area contributed by atoms with Crippen molar-refractivity contribution in [1.82, 2.24) is 19.6 Å². The number of rotatable bonds is 3. The van der Waals surface area contributed by atoms with Crippen LogP contribution in [0.2, 0.25) is 0 Å². The number of carbonyl (C=O) groups is 2. The SMILES string of the molecule is CC(=O)N[C@H]1CCN(C(=O)c2ccc3nc(-c4ccccc4)cn3c2)C1. The second kappa shape index (κ2) is 6.63. The van der Waals surface area contributed by atoms with Crippen LogP contribution in [-0.2, 0) is 4.79 Å². The predicted molar refractivity (Wildman–Crippen MR) is 98.8 cm³/mol. The number of hydrogen-bond acceptors (Lipinski definition) is 3. The average Bonchev–Trinajstić information content (AvgIpc) is 3.27. The standard InChI is InChI=1S/C20H20N4O2/c1-14(25)21-17-9-10-23(12-17)20(26)16-7-8-19-22-18(13-24(19)11-16)15-5-3-2-4-6-15/h2-8,11,13,17H,9-10,12H2,1H3,(H,21,25)/t17-/m0/s1. The second-order valence-corrected chi connectivity index (χ2v) is 6.61. The fourth-order valence-electron chi connectivity index (χ4n) is 3.40. The Labute approximate surface area is 151 Å². The van der Waals surface area contributed by atoms with E-state index in [1.807, 2.05) is 59.3 Å². The van der Waals surface area contributed by atoms with Crippen LogP contribution in [0.4, 0.5) is 0 Å². The highest BCUT2D eigenvalue weighted by atomic mass is 16.2. The zero-order chi connectivity index (χ0) is 18.1. The molecule has 1 aromatic carbocycles. The molecular weight excluding hydrogens is 328 g/mol. The van der Waals surface area contributed by atoms with Gasteiger partial charge in [0.25, 0.3) is 5.91 Å². The summed E-state index contributed by atoms with van der Waals surface area (Å²) in [5.74, 6) is -0.0766. The highest BCUT2D eigenvalue weighted by molar-refractivity contribution is 5.94. The Hall–Kier alpha value is -3.15. The lowest BCUT2D eigenvalue weighted by Gasteiger charge is -2.17. The van der Waals surface area contributed by atoms with E-state index in [1.165, 1.54) is 6.92 Å². The predicted octanol–water partition coefficient (Wildman–Crippen LogP) is 2.35. The molecule has 0 radical (unpaired) electrons. The van der Waals surface area contributed by atoms with E-state index in [4.69, 9.17) is 0 Å². The number of benzene rings is 1. The Morgan fingerprint density at radius 1 is 1.12 bits per heavy atom. The molecule has 3 heterocycles. The van der Waals surface area contributed by atoms with Crippen LogP contribution in [0.1, 0.15) is 23.7 Å². The van der Waals surface area contributed by atoms with E-state index in [1.54, 1.807) is 4.90 Å².